The average molecular weight is 402 g/mol. The van der Waals surface area contributed by atoms with Gasteiger partial charge in [0.1, 0.15) is 5.75 Å². The van der Waals surface area contributed by atoms with Crippen molar-refractivity contribution in [3.63, 3.8) is 0 Å². The number of hydrogen-bond donors (Lipinski definition) is 1. The summed E-state index contributed by atoms with van der Waals surface area (Å²) in [5.74, 6) is 1.25. The maximum absolute atomic E-state index is 12.8. The van der Waals surface area contributed by atoms with Crippen LogP contribution in [0.3, 0.4) is 0 Å². The molecule has 5 nitrogen and oxygen atoms in total. The van der Waals surface area contributed by atoms with Gasteiger partial charge in [-0.15, -0.1) is 5.10 Å². The van der Waals surface area contributed by atoms with Gasteiger partial charge < -0.3 is 4.74 Å². The minimum absolute atomic E-state index is 0.0629. The molecule has 0 saturated carbocycles. The number of nitrogens with zero attached hydrogens (tertiary/aromatic N) is 2. The number of methoxy groups -OCH3 is 1. The highest BCUT2D eigenvalue weighted by atomic mass is 35.5. The quantitative estimate of drug-likeness (QED) is 0.459. The second-order valence-electron chi connectivity index (χ2n) is 6.25. The van der Waals surface area contributed by atoms with E-state index in [-0.39, 0.29) is 11.0 Å². The normalized spacial score (nSPS) is 12.0. The van der Waals surface area contributed by atoms with Gasteiger partial charge in [0.25, 0.3) is 0 Å². The van der Waals surface area contributed by atoms with Crippen molar-refractivity contribution in [1.82, 2.24) is 15.2 Å². The predicted octanol–water partition coefficient (Wildman–Crippen LogP) is 5.11. The van der Waals surface area contributed by atoms with Crippen molar-refractivity contribution < 1.29 is 9.53 Å². The fourth-order valence-corrected chi connectivity index (χ4v) is 3.68. The number of aryl methyl sites for hydroxylation is 2. The number of carbonyl (C=O) groups excluding carboxylic acids is 1. The minimum atomic E-state index is -0.310. The van der Waals surface area contributed by atoms with Crippen molar-refractivity contribution in [1.29, 1.82) is 0 Å². The molecule has 0 saturated heterocycles. The van der Waals surface area contributed by atoms with E-state index in [9.17, 15) is 4.79 Å². The number of ketones is 1. The summed E-state index contributed by atoms with van der Waals surface area (Å²) in [6.45, 7) is 5.79. The number of H-pyrrole nitrogens is 1. The van der Waals surface area contributed by atoms with Crippen molar-refractivity contribution in [2.45, 2.75) is 31.2 Å². The number of nitrogens with one attached hydrogen (secondary N) is 1. The first-order chi connectivity index (χ1) is 12.9. The summed E-state index contributed by atoms with van der Waals surface area (Å²) < 4.78 is 5.36. The molecule has 3 aromatic rings. The Kier molecular flexibility index (Phi) is 5.87. The number of carbonyl (C=O) groups is 1. The topological polar surface area (TPSA) is 67.9 Å². The van der Waals surface area contributed by atoms with Crippen molar-refractivity contribution >= 4 is 29.1 Å². The van der Waals surface area contributed by atoms with E-state index in [0.29, 0.717) is 21.8 Å². The molecule has 0 aliphatic rings. The van der Waals surface area contributed by atoms with Crippen molar-refractivity contribution in [3.05, 3.63) is 58.1 Å². The number of Topliss-reactive ketones (excluding diaryl/α,β-unsaturated/α-hetero) is 1. The maximum Gasteiger partial charge on any atom is 0.209 e. The van der Waals surface area contributed by atoms with Gasteiger partial charge in [-0.05, 0) is 50.6 Å². The molecule has 0 amide bonds. The summed E-state index contributed by atoms with van der Waals surface area (Å²) in [5.41, 5.74) is 3.49. The molecule has 0 aliphatic heterocycles. The van der Waals surface area contributed by atoms with Crippen molar-refractivity contribution in [3.8, 4) is 17.1 Å². The van der Waals surface area contributed by atoms with Gasteiger partial charge in [0, 0.05) is 10.6 Å². The van der Waals surface area contributed by atoms with Gasteiger partial charge in [0.15, 0.2) is 11.6 Å². The van der Waals surface area contributed by atoms with Crippen LogP contribution in [0.15, 0.2) is 41.6 Å². The van der Waals surface area contributed by atoms with Crippen LogP contribution in [0.2, 0.25) is 5.02 Å². The van der Waals surface area contributed by atoms with Gasteiger partial charge in [0.05, 0.1) is 17.9 Å². The van der Waals surface area contributed by atoms with Gasteiger partial charge in [-0.3, -0.25) is 9.89 Å². The van der Waals surface area contributed by atoms with Crippen LogP contribution in [0.5, 0.6) is 5.75 Å². The molecule has 1 heterocycles. The Morgan fingerprint density at radius 1 is 1.22 bits per heavy atom. The van der Waals surface area contributed by atoms with Gasteiger partial charge in [-0.1, -0.05) is 41.1 Å². The summed E-state index contributed by atoms with van der Waals surface area (Å²) in [5, 5.41) is 7.89. The highest BCUT2D eigenvalue weighted by molar-refractivity contribution is 8.00. The van der Waals surface area contributed by atoms with Crippen LogP contribution in [0, 0.1) is 13.8 Å². The Morgan fingerprint density at radius 2 is 2.00 bits per heavy atom. The van der Waals surface area contributed by atoms with E-state index in [1.807, 2.05) is 39.0 Å². The molecular formula is C20H20ClN3O2S. The Hall–Kier alpha value is -2.31. The molecule has 0 radical (unpaired) electrons. The lowest BCUT2D eigenvalue weighted by Crippen LogP contribution is -2.15. The monoisotopic (exact) mass is 401 g/mol. The SMILES string of the molecule is COc1ccc(Cl)cc1-c1nc(S[C@@H](C)C(=O)c2cc(C)ccc2C)n[nH]1. The molecule has 1 atom stereocenters. The standard InChI is InChI=1S/C20H20ClN3O2S/c1-11-5-6-12(2)15(9-11)18(25)13(3)27-20-22-19(23-24-20)16-10-14(21)7-8-17(16)26-4/h5-10,13H,1-4H3,(H,22,23,24)/t13-/m0/s1. The van der Waals surface area contributed by atoms with Crippen LogP contribution in [-0.2, 0) is 0 Å². The van der Waals surface area contributed by atoms with E-state index in [4.69, 9.17) is 16.3 Å². The molecular weight excluding hydrogens is 382 g/mol. The van der Waals surface area contributed by atoms with E-state index in [1.54, 1.807) is 25.3 Å². The molecule has 3 rings (SSSR count). The molecule has 1 aromatic heterocycles. The largest absolute Gasteiger partial charge is 0.496 e. The van der Waals surface area contributed by atoms with E-state index in [2.05, 4.69) is 15.2 Å². The van der Waals surface area contributed by atoms with Crippen LogP contribution in [0.1, 0.15) is 28.4 Å². The van der Waals surface area contributed by atoms with Crippen LogP contribution >= 0.6 is 23.4 Å². The minimum Gasteiger partial charge on any atom is -0.496 e. The van der Waals surface area contributed by atoms with Crippen LogP contribution < -0.4 is 4.74 Å². The number of aromatic amines is 1. The highest BCUT2D eigenvalue weighted by Gasteiger charge is 2.21. The van der Waals surface area contributed by atoms with Crippen molar-refractivity contribution in [2.75, 3.05) is 7.11 Å². The Balaban J connectivity index is 1.80. The van der Waals surface area contributed by atoms with Crippen LogP contribution in [0.4, 0.5) is 0 Å². The number of aromatic nitrogens is 3. The molecule has 1 N–H and O–H groups in total. The summed E-state index contributed by atoms with van der Waals surface area (Å²) in [6, 6.07) is 11.2. The fourth-order valence-electron chi connectivity index (χ4n) is 2.72. The molecule has 0 bridgehead atoms. The van der Waals surface area contributed by atoms with Gasteiger partial charge in [-0.2, -0.15) is 0 Å². The third kappa shape index (κ3) is 4.34. The lowest BCUT2D eigenvalue weighted by molar-refractivity contribution is 0.0993. The number of hydrogen-bond acceptors (Lipinski definition) is 5. The summed E-state index contributed by atoms with van der Waals surface area (Å²) in [7, 11) is 1.59. The molecule has 0 unspecified atom stereocenters. The third-order valence-electron chi connectivity index (χ3n) is 4.19. The molecule has 2 aromatic carbocycles. The van der Waals surface area contributed by atoms with E-state index >= 15 is 0 Å². The molecule has 0 spiro atoms. The second kappa shape index (κ2) is 8.15. The van der Waals surface area contributed by atoms with E-state index in [1.165, 1.54) is 11.8 Å². The zero-order valence-corrected chi connectivity index (χ0v) is 17.1. The Morgan fingerprint density at radius 3 is 2.74 bits per heavy atom. The average Bonchev–Trinajstić information content (AvgIpc) is 3.11. The van der Waals surface area contributed by atoms with Crippen molar-refractivity contribution in [2.24, 2.45) is 0 Å². The molecule has 0 aliphatic carbocycles. The molecule has 0 fully saturated rings. The maximum atomic E-state index is 12.8. The number of rotatable bonds is 6. The van der Waals surface area contributed by atoms with Gasteiger partial charge >= 0.3 is 0 Å². The van der Waals surface area contributed by atoms with Crippen LogP contribution in [0.25, 0.3) is 11.4 Å². The predicted molar refractivity (Wildman–Crippen MR) is 109 cm³/mol. The fraction of sp³-hybridized carbons (Fsp3) is 0.250. The lowest BCUT2D eigenvalue weighted by Gasteiger charge is -2.11. The molecule has 27 heavy (non-hydrogen) atoms. The zero-order chi connectivity index (χ0) is 19.6. The smallest absolute Gasteiger partial charge is 0.209 e. The van der Waals surface area contributed by atoms with Gasteiger partial charge in [0.2, 0.25) is 5.16 Å². The first-order valence-corrected chi connectivity index (χ1v) is 9.69. The van der Waals surface area contributed by atoms with Crippen LogP contribution in [-0.4, -0.2) is 33.3 Å². The number of halogens is 1. The highest BCUT2D eigenvalue weighted by Crippen LogP contribution is 2.32. The Labute approximate surface area is 167 Å². The Bertz CT molecular complexity index is 987. The summed E-state index contributed by atoms with van der Waals surface area (Å²) in [6.07, 6.45) is 0. The number of ether oxygens (including phenoxy) is 1. The lowest BCUT2D eigenvalue weighted by atomic mass is 10.0. The number of benzene rings is 2. The van der Waals surface area contributed by atoms with E-state index in [0.717, 1.165) is 22.3 Å². The zero-order valence-electron chi connectivity index (χ0n) is 15.5. The second-order valence-corrected chi connectivity index (χ2v) is 8.00. The third-order valence-corrected chi connectivity index (χ3v) is 5.39. The van der Waals surface area contributed by atoms with Gasteiger partial charge in [-0.25, -0.2) is 4.98 Å². The first kappa shape index (κ1) is 19.5. The summed E-state index contributed by atoms with van der Waals surface area (Å²) >= 11 is 7.40. The molecule has 7 heteroatoms. The van der Waals surface area contributed by atoms with E-state index < -0.39 is 0 Å². The number of thioether (sulfide) groups is 1. The molecule has 140 valence electrons. The first-order valence-electron chi connectivity index (χ1n) is 8.43. The summed E-state index contributed by atoms with van der Waals surface area (Å²) in [4.78, 5) is 17.3.